The smallest absolute Gasteiger partial charge is 0.260 e. The van der Waals surface area contributed by atoms with Gasteiger partial charge in [0.05, 0.1) is 11.1 Å². The first-order chi connectivity index (χ1) is 12.1. The minimum Gasteiger partial charge on any atom is -0.309 e. The summed E-state index contributed by atoms with van der Waals surface area (Å²) in [6.45, 7) is 4.15. The van der Waals surface area contributed by atoms with E-state index in [1.54, 1.807) is 23.1 Å². The fourth-order valence-corrected chi connectivity index (χ4v) is 5.49. The summed E-state index contributed by atoms with van der Waals surface area (Å²) >= 11 is 4.93. The summed E-state index contributed by atoms with van der Waals surface area (Å²) in [5, 5.41) is 2.74. The van der Waals surface area contributed by atoms with E-state index in [1.807, 2.05) is 11.4 Å². The number of benzene rings is 1. The highest BCUT2D eigenvalue weighted by atomic mass is 32.2. The number of nitrogens with zero attached hydrogens (tertiary/aromatic N) is 1. The third-order valence-electron chi connectivity index (χ3n) is 3.86. The molecule has 0 saturated heterocycles. The summed E-state index contributed by atoms with van der Waals surface area (Å²) in [5.41, 5.74) is 2.17. The average molecular weight is 385 g/mol. The molecule has 3 nitrogen and oxygen atoms in total. The molecule has 0 amide bonds. The van der Waals surface area contributed by atoms with Crippen molar-refractivity contribution in [3.05, 3.63) is 68.4 Å². The fraction of sp³-hybridized carbons (Fsp3) is 0.158. The predicted molar refractivity (Wildman–Crippen MR) is 109 cm³/mol. The first-order valence-corrected chi connectivity index (χ1v) is 10.5. The van der Waals surface area contributed by atoms with Crippen LogP contribution in [0.2, 0.25) is 0 Å². The van der Waals surface area contributed by atoms with Crippen molar-refractivity contribution >= 4 is 44.7 Å². The monoisotopic (exact) mass is 384 g/mol. The summed E-state index contributed by atoms with van der Waals surface area (Å²) in [5.74, 6) is 1.37. The van der Waals surface area contributed by atoms with Gasteiger partial charge in [0.15, 0.2) is 0 Å². The maximum atomic E-state index is 12.6. The Labute approximate surface area is 157 Å². The Morgan fingerprint density at radius 2 is 2.08 bits per heavy atom. The van der Waals surface area contributed by atoms with Crippen molar-refractivity contribution in [2.24, 2.45) is 0 Å². The Hall–Kier alpha value is -1.89. The molecule has 0 aliphatic carbocycles. The van der Waals surface area contributed by atoms with E-state index in [0.717, 1.165) is 21.1 Å². The van der Waals surface area contributed by atoms with Gasteiger partial charge in [0.1, 0.15) is 10.7 Å². The second-order valence-corrected chi connectivity index (χ2v) is 9.05. The first kappa shape index (κ1) is 16.6. The number of aryl methyl sites for hydroxylation is 2. The van der Waals surface area contributed by atoms with Gasteiger partial charge in [0, 0.05) is 25.6 Å². The van der Waals surface area contributed by atoms with Crippen molar-refractivity contribution < 1.29 is 0 Å². The van der Waals surface area contributed by atoms with Gasteiger partial charge in [-0.25, -0.2) is 4.98 Å². The SMILES string of the molecule is Cc1cccc(SCc2nc3scc(-c4ccc(C)s4)c3c(=O)[nH]2)c1. The molecule has 6 heteroatoms. The van der Waals surface area contributed by atoms with Crippen LogP contribution in [0.4, 0.5) is 0 Å². The maximum absolute atomic E-state index is 12.6. The van der Waals surface area contributed by atoms with Gasteiger partial charge < -0.3 is 4.98 Å². The van der Waals surface area contributed by atoms with Crippen LogP contribution >= 0.6 is 34.4 Å². The minimum absolute atomic E-state index is 0.0489. The third-order valence-corrected chi connectivity index (χ3v) is 6.78. The fourth-order valence-electron chi connectivity index (χ4n) is 2.68. The van der Waals surface area contributed by atoms with Gasteiger partial charge >= 0.3 is 0 Å². The number of thiophene rings is 2. The molecule has 0 radical (unpaired) electrons. The highest BCUT2D eigenvalue weighted by molar-refractivity contribution is 7.98. The number of fused-ring (bicyclic) bond motifs is 1. The van der Waals surface area contributed by atoms with Crippen LogP contribution in [0.15, 0.2) is 51.5 Å². The number of hydrogen-bond donors (Lipinski definition) is 1. The molecule has 3 aromatic heterocycles. The van der Waals surface area contributed by atoms with Gasteiger partial charge in [0.2, 0.25) is 0 Å². The lowest BCUT2D eigenvalue weighted by atomic mass is 10.2. The number of rotatable bonds is 4. The third kappa shape index (κ3) is 3.42. The Kier molecular flexibility index (Phi) is 4.50. The molecule has 1 N–H and O–H groups in total. The summed E-state index contributed by atoms with van der Waals surface area (Å²) in [6.07, 6.45) is 0. The summed E-state index contributed by atoms with van der Waals surface area (Å²) in [6, 6.07) is 12.5. The molecular weight excluding hydrogens is 368 g/mol. The molecule has 0 atom stereocenters. The molecule has 0 bridgehead atoms. The molecule has 0 saturated carbocycles. The van der Waals surface area contributed by atoms with E-state index in [4.69, 9.17) is 0 Å². The van der Waals surface area contributed by atoms with Gasteiger partial charge in [0.25, 0.3) is 5.56 Å². The Morgan fingerprint density at radius 1 is 1.20 bits per heavy atom. The van der Waals surface area contributed by atoms with E-state index in [1.165, 1.54) is 26.7 Å². The summed E-state index contributed by atoms with van der Waals surface area (Å²) in [4.78, 5) is 24.6. The number of aromatic amines is 1. The topological polar surface area (TPSA) is 45.8 Å². The van der Waals surface area contributed by atoms with Crippen LogP contribution in [0.1, 0.15) is 16.3 Å². The standard InChI is InChI=1S/C19H16N2OS3/c1-11-4-3-5-13(8-11)23-10-16-20-18(22)17-14(9-24-19(17)21-16)15-7-6-12(2)25-15/h3-9H,10H2,1-2H3,(H,20,21,22). The first-order valence-electron chi connectivity index (χ1n) is 7.87. The minimum atomic E-state index is -0.0489. The van der Waals surface area contributed by atoms with Gasteiger partial charge in [-0.1, -0.05) is 17.7 Å². The van der Waals surface area contributed by atoms with E-state index in [0.29, 0.717) is 11.1 Å². The van der Waals surface area contributed by atoms with E-state index >= 15 is 0 Å². The normalized spacial score (nSPS) is 11.3. The Balaban J connectivity index is 1.65. The molecule has 0 aliphatic rings. The molecule has 0 aliphatic heterocycles. The quantitative estimate of drug-likeness (QED) is 0.464. The average Bonchev–Trinajstić information content (AvgIpc) is 3.19. The van der Waals surface area contributed by atoms with Crippen LogP contribution in [0, 0.1) is 13.8 Å². The zero-order valence-electron chi connectivity index (χ0n) is 13.8. The van der Waals surface area contributed by atoms with Gasteiger partial charge in [-0.2, -0.15) is 0 Å². The lowest BCUT2D eigenvalue weighted by Crippen LogP contribution is -2.10. The van der Waals surface area contributed by atoms with Gasteiger partial charge in [-0.3, -0.25) is 4.79 Å². The number of thioether (sulfide) groups is 1. The van der Waals surface area contributed by atoms with Crippen LogP contribution in [0.3, 0.4) is 0 Å². The number of hydrogen-bond acceptors (Lipinski definition) is 5. The Morgan fingerprint density at radius 3 is 2.84 bits per heavy atom. The molecule has 4 aromatic rings. The molecule has 0 fully saturated rings. The molecular formula is C19H16N2OS3. The number of nitrogens with one attached hydrogen (secondary N) is 1. The molecule has 1 aromatic carbocycles. The molecule has 0 unspecified atom stereocenters. The lowest BCUT2D eigenvalue weighted by molar-refractivity contribution is 1.05. The van der Waals surface area contributed by atoms with Crippen molar-refractivity contribution in [1.29, 1.82) is 0 Å². The van der Waals surface area contributed by atoms with E-state index in [2.05, 4.69) is 54.1 Å². The van der Waals surface area contributed by atoms with Crippen molar-refractivity contribution in [2.45, 2.75) is 24.5 Å². The van der Waals surface area contributed by atoms with Crippen LogP contribution < -0.4 is 5.56 Å². The summed E-state index contributed by atoms with van der Waals surface area (Å²) < 4.78 is 0. The summed E-state index contributed by atoms with van der Waals surface area (Å²) in [7, 11) is 0. The molecule has 126 valence electrons. The van der Waals surface area contributed by atoms with Crippen LogP contribution in [0.25, 0.3) is 20.7 Å². The van der Waals surface area contributed by atoms with Crippen molar-refractivity contribution in [3.63, 3.8) is 0 Å². The number of H-pyrrole nitrogens is 1. The van der Waals surface area contributed by atoms with E-state index < -0.39 is 0 Å². The van der Waals surface area contributed by atoms with Gasteiger partial charge in [-0.15, -0.1) is 34.4 Å². The molecule has 4 rings (SSSR count). The van der Waals surface area contributed by atoms with E-state index in [-0.39, 0.29) is 5.56 Å². The second-order valence-electron chi connectivity index (χ2n) is 5.86. The molecule has 0 spiro atoms. The van der Waals surface area contributed by atoms with Crippen molar-refractivity contribution in [1.82, 2.24) is 9.97 Å². The van der Waals surface area contributed by atoms with Crippen molar-refractivity contribution in [2.75, 3.05) is 0 Å². The van der Waals surface area contributed by atoms with Crippen molar-refractivity contribution in [3.8, 4) is 10.4 Å². The zero-order valence-corrected chi connectivity index (χ0v) is 16.3. The predicted octanol–water partition coefficient (Wildman–Crippen LogP) is 5.62. The largest absolute Gasteiger partial charge is 0.309 e. The molecule has 25 heavy (non-hydrogen) atoms. The Bertz CT molecular complexity index is 1110. The molecule has 3 heterocycles. The van der Waals surface area contributed by atoms with Gasteiger partial charge in [-0.05, 0) is 38.1 Å². The number of aromatic nitrogens is 2. The van der Waals surface area contributed by atoms with E-state index in [9.17, 15) is 4.79 Å². The highest BCUT2D eigenvalue weighted by Crippen LogP contribution is 2.35. The zero-order chi connectivity index (χ0) is 17.4. The lowest BCUT2D eigenvalue weighted by Gasteiger charge is -2.03. The van der Waals surface area contributed by atoms with Crippen LogP contribution in [-0.4, -0.2) is 9.97 Å². The van der Waals surface area contributed by atoms with Crippen LogP contribution in [0.5, 0.6) is 0 Å². The van der Waals surface area contributed by atoms with Crippen LogP contribution in [-0.2, 0) is 5.75 Å². The highest BCUT2D eigenvalue weighted by Gasteiger charge is 2.14. The maximum Gasteiger partial charge on any atom is 0.260 e. The second kappa shape index (κ2) is 6.78.